The summed E-state index contributed by atoms with van der Waals surface area (Å²) in [5.74, 6) is -0.478. The Bertz CT molecular complexity index is 590. The van der Waals surface area contributed by atoms with E-state index in [9.17, 15) is 9.59 Å². The predicted octanol–water partition coefficient (Wildman–Crippen LogP) is 1.47. The summed E-state index contributed by atoms with van der Waals surface area (Å²) < 4.78 is 4.94. The summed E-state index contributed by atoms with van der Waals surface area (Å²) in [7, 11) is 0. The highest BCUT2D eigenvalue weighted by atomic mass is 32.2. The number of rotatable bonds is 3. The number of benzene rings is 1. The van der Waals surface area contributed by atoms with E-state index in [4.69, 9.17) is 10.5 Å². The molecule has 0 radical (unpaired) electrons. The van der Waals surface area contributed by atoms with Crippen molar-refractivity contribution in [1.29, 1.82) is 0 Å². The molecule has 21 heavy (non-hydrogen) atoms. The number of nitrogens with zero attached hydrogens (tertiary/aromatic N) is 1. The molecule has 2 saturated heterocycles. The van der Waals surface area contributed by atoms with E-state index in [2.05, 4.69) is 0 Å². The highest BCUT2D eigenvalue weighted by Gasteiger charge is 2.66. The molecule has 0 bridgehead atoms. The maximum atomic E-state index is 12.4. The van der Waals surface area contributed by atoms with E-state index in [0.717, 1.165) is 5.56 Å². The van der Waals surface area contributed by atoms with Crippen LogP contribution in [-0.2, 0) is 20.9 Å². The average Bonchev–Trinajstić information content (AvgIpc) is 2.59. The second kappa shape index (κ2) is 4.74. The molecule has 0 saturated carbocycles. The highest BCUT2D eigenvalue weighted by Crippen LogP contribution is 2.55. The maximum absolute atomic E-state index is 12.4. The number of nitrogens with two attached hydrogens (primary N) is 1. The standard InChI is InChI=1S/C15H18N2O3S/c1-14(2)12(17-11(18)8-15(17,16)21-14)13(19)20-9-10-6-4-3-5-7-10/h3-7,12H,8-9,16H2,1-2H3/t12-,15?/m0/s1. The largest absolute Gasteiger partial charge is 0.459 e. The summed E-state index contributed by atoms with van der Waals surface area (Å²) in [6, 6.07) is 8.85. The molecule has 2 atom stereocenters. The van der Waals surface area contributed by atoms with Crippen molar-refractivity contribution in [3.63, 3.8) is 0 Å². The van der Waals surface area contributed by atoms with Crippen LogP contribution in [0.4, 0.5) is 0 Å². The van der Waals surface area contributed by atoms with Crippen LogP contribution in [0.1, 0.15) is 25.8 Å². The van der Waals surface area contributed by atoms with Crippen molar-refractivity contribution < 1.29 is 14.3 Å². The number of fused-ring (bicyclic) bond motifs is 1. The number of carbonyl (C=O) groups excluding carboxylic acids is 2. The molecule has 2 fully saturated rings. The molecule has 0 spiro atoms. The molecule has 1 aromatic rings. The number of hydrogen-bond donors (Lipinski definition) is 1. The van der Waals surface area contributed by atoms with Gasteiger partial charge in [-0.25, -0.2) is 4.79 Å². The van der Waals surface area contributed by atoms with E-state index in [-0.39, 0.29) is 18.9 Å². The summed E-state index contributed by atoms with van der Waals surface area (Å²) in [6.07, 6.45) is 0.281. The van der Waals surface area contributed by atoms with Crippen LogP contribution in [0.2, 0.25) is 0 Å². The Morgan fingerprint density at radius 1 is 1.43 bits per heavy atom. The molecule has 1 unspecified atom stereocenters. The quantitative estimate of drug-likeness (QED) is 0.676. The topological polar surface area (TPSA) is 72.6 Å². The van der Waals surface area contributed by atoms with Crippen LogP contribution in [0.15, 0.2) is 30.3 Å². The van der Waals surface area contributed by atoms with Crippen molar-refractivity contribution in [1.82, 2.24) is 4.90 Å². The summed E-state index contributed by atoms with van der Waals surface area (Å²) >= 11 is 1.46. The van der Waals surface area contributed by atoms with Gasteiger partial charge in [-0.2, -0.15) is 0 Å². The zero-order valence-electron chi connectivity index (χ0n) is 12.0. The molecule has 2 heterocycles. The molecule has 2 N–H and O–H groups in total. The van der Waals surface area contributed by atoms with Gasteiger partial charge in [-0.05, 0) is 19.4 Å². The first-order valence-electron chi connectivity index (χ1n) is 6.85. The van der Waals surface area contributed by atoms with Crippen molar-refractivity contribution >= 4 is 23.6 Å². The van der Waals surface area contributed by atoms with Crippen molar-refractivity contribution in [2.75, 3.05) is 0 Å². The minimum absolute atomic E-state index is 0.0859. The lowest BCUT2D eigenvalue weighted by Gasteiger charge is -2.44. The third-order valence-corrected chi connectivity index (χ3v) is 5.33. The fourth-order valence-corrected chi connectivity index (χ4v) is 4.70. The SMILES string of the molecule is CC1(C)SC2(N)CC(=O)N2[C@H]1C(=O)OCc1ccccc1. The maximum Gasteiger partial charge on any atom is 0.330 e. The van der Waals surface area contributed by atoms with Gasteiger partial charge in [0.15, 0.2) is 0 Å². The lowest BCUT2D eigenvalue weighted by atomic mass is 9.96. The molecule has 2 aliphatic heterocycles. The summed E-state index contributed by atoms with van der Waals surface area (Å²) in [4.78, 5) is 25.0. The van der Waals surface area contributed by atoms with Gasteiger partial charge < -0.3 is 4.74 Å². The summed E-state index contributed by atoms with van der Waals surface area (Å²) in [6.45, 7) is 4.05. The molecule has 5 nitrogen and oxygen atoms in total. The second-order valence-corrected chi connectivity index (χ2v) is 7.95. The first kappa shape index (κ1) is 14.4. The van der Waals surface area contributed by atoms with E-state index >= 15 is 0 Å². The van der Waals surface area contributed by atoms with E-state index in [1.54, 1.807) is 0 Å². The molecular formula is C15H18N2O3S. The van der Waals surface area contributed by atoms with Crippen LogP contribution >= 0.6 is 11.8 Å². The Morgan fingerprint density at radius 2 is 2.10 bits per heavy atom. The van der Waals surface area contributed by atoms with Gasteiger partial charge in [-0.3, -0.25) is 15.4 Å². The Morgan fingerprint density at radius 3 is 2.71 bits per heavy atom. The predicted molar refractivity (Wildman–Crippen MR) is 80.1 cm³/mol. The monoisotopic (exact) mass is 306 g/mol. The van der Waals surface area contributed by atoms with Gasteiger partial charge in [0.05, 0.1) is 6.42 Å². The van der Waals surface area contributed by atoms with E-state index < -0.39 is 21.8 Å². The minimum atomic E-state index is -0.753. The fourth-order valence-electron chi connectivity index (χ4n) is 2.97. The molecule has 1 aromatic carbocycles. The minimum Gasteiger partial charge on any atom is -0.459 e. The van der Waals surface area contributed by atoms with E-state index in [0.29, 0.717) is 0 Å². The lowest BCUT2D eigenvalue weighted by Crippen LogP contribution is -2.68. The van der Waals surface area contributed by atoms with Gasteiger partial charge in [0.2, 0.25) is 5.91 Å². The number of thioether (sulfide) groups is 1. The number of carbonyl (C=O) groups is 2. The van der Waals surface area contributed by atoms with Gasteiger partial charge in [0, 0.05) is 4.75 Å². The van der Waals surface area contributed by atoms with E-state index in [1.807, 2.05) is 44.2 Å². The van der Waals surface area contributed by atoms with Crippen LogP contribution in [0.25, 0.3) is 0 Å². The highest BCUT2D eigenvalue weighted by molar-refractivity contribution is 8.02. The molecule has 0 aliphatic carbocycles. The first-order valence-corrected chi connectivity index (χ1v) is 7.67. The van der Waals surface area contributed by atoms with Crippen molar-refractivity contribution in [3.05, 3.63) is 35.9 Å². The molecule has 112 valence electrons. The van der Waals surface area contributed by atoms with Gasteiger partial charge in [-0.1, -0.05) is 30.3 Å². The summed E-state index contributed by atoms with van der Waals surface area (Å²) in [5.41, 5.74) is 7.09. The van der Waals surface area contributed by atoms with Crippen molar-refractivity contribution in [2.45, 2.75) is 42.7 Å². The van der Waals surface area contributed by atoms with Gasteiger partial charge in [0.1, 0.15) is 17.6 Å². The molecule has 1 amide bonds. The molecule has 3 rings (SSSR count). The van der Waals surface area contributed by atoms with Crippen LogP contribution in [-0.4, -0.2) is 32.6 Å². The zero-order valence-corrected chi connectivity index (χ0v) is 12.9. The number of esters is 1. The number of ether oxygens (including phenoxy) is 1. The molecule has 2 aliphatic rings. The smallest absolute Gasteiger partial charge is 0.330 e. The number of hydrogen-bond acceptors (Lipinski definition) is 5. The Balaban J connectivity index is 1.73. The number of β-lactam (4-membered cyclic amide) rings is 1. The summed E-state index contributed by atoms with van der Waals surface area (Å²) in [5, 5.41) is 0. The van der Waals surface area contributed by atoms with Gasteiger partial charge in [0.25, 0.3) is 0 Å². The van der Waals surface area contributed by atoms with Crippen LogP contribution < -0.4 is 5.73 Å². The fraction of sp³-hybridized carbons (Fsp3) is 0.467. The number of amides is 1. The van der Waals surface area contributed by atoms with Crippen LogP contribution in [0, 0.1) is 0 Å². The van der Waals surface area contributed by atoms with Crippen molar-refractivity contribution in [2.24, 2.45) is 5.73 Å². The van der Waals surface area contributed by atoms with Crippen LogP contribution in [0.5, 0.6) is 0 Å². The molecule has 0 aromatic heterocycles. The van der Waals surface area contributed by atoms with E-state index in [1.165, 1.54) is 16.7 Å². The molecule has 6 heteroatoms. The zero-order chi connectivity index (χ0) is 15.3. The van der Waals surface area contributed by atoms with Crippen LogP contribution in [0.3, 0.4) is 0 Å². The third-order valence-electron chi connectivity index (χ3n) is 3.88. The Hall–Kier alpha value is -1.53. The molecular weight excluding hydrogens is 288 g/mol. The Kier molecular flexibility index (Phi) is 3.26. The third kappa shape index (κ3) is 2.32. The van der Waals surface area contributed by atoms with Gasteiger partial charge in [-0.15, -0.1) is 11.8 Å². The van der Waals surface area contributed by atoms with Gasteiger partial charge >= 0.3 is 5.97 Å². The second-order valence-electron chi connectivity index (χ2n) is 5.99. The average molecular weight is 306 g/mol. The Labute approximate surface area is 127 Å². The van der Waals surface area contributed by atoms with Crippen molar-refractivity contribution in [3.8, 4) is 0 Å². The normalized spacial score (nSPS) is 29.8. The first-order chi connectivity index (χ1) is 9.83. The lowest BCUT2D eigenvalue weighted by molar-refractivity contribution is -0.167.